The second kappa shape index (κ2) is 5.23. The lowest BCUT2D eigenvalue weighted by molar-refractivity contribution is 0.0779. The molecule has 0 radical (unpaired) electrons. The first-order valence-corrected chi connectivity index (χ1v) is 5.30. The van der Waals surface area contributed by atoms with Gasteiger partial charge in [-0.15, -0.1) is 0 Å². The quantitative estimate of drug-likeness (QED) is 0.876. The second-order valence-electron chi connectivity index (χ2n) is 4.22. The van der Waals surface area contributed by atoms with Gasteiger partial charge < -0.3 is 10.6 Å². The molecule has 0 aliphatic carbocycles. The topological polar surface area (TPSA) is 46.3 Å². The molecule has 1 unspecified atom stereocenters. The van der Waals surface area contributed by atoms with Crippen LogP contribution in [0.25, 0.3) is 0 Å². The van der Waals surface area contributed by atoms with Crippen LogP contribution < -0.4 is 5.73 Å². The maximum Gasteiger partial charge on any atom is 0.259 e. The van der Waals surface area contributed by atoms with E-state index in [1.807, 2.05) is 0 Å². The summed E-state index contributed by atoms with van der Waals surface area (Å²) in [6.45, 7) is 3.44. The van der Waals surface area contributed by atoms with Crippen LogP contribution in [0, 0.1) is 18.6 Å². The highest BCUT2D eigenvalue weighted by Gasteiger charge is 2.22. The summed E-state index contributed by atoms with van der Waals surface area (Å²) in [6, 6.07) is 2.14. The predicted molar refractivity (Wildman–Crippen MR) is 61.7 cm³/mol. The Bertz CT molecular complexity index is 433. The molecule has 0 saturated heterocycles. The van der Waals surface area contributed by atoms with Gasteiger partial charge in [0.05, 0.1) is 0 Å². The number of carbonyl (C=O) groups is 1. The number of likely N-dealkylation sites (N-methyl/N-ethyl adjacent to an activating group) is 1. The van der Waals surface area contributed by atoms with Gasteiger partial charge in [-0.1, -0.05) is 6.07 Å². The molecule has 0 aromatic heterocycles. The third kappa shape index (κ3) is 3.00. The van der Waals surface area contributed by atoms with Gasteiger partial charge >= 0.3 is 0 Å². The van der Waals surface area contributed by atoms with E-state index in [4.69, 9.17) is 5.73 Å². The predicted octanol–water partition coefficient (Wildman–Crippen LogP) is 1.69. The van der Waals surface area contributed by atoms with E-state index in [-0.39, 0.29) is 18.2 Å². The van der Waals surface area contributed by atoms with Gasteiger partial charge in [-0.25, -0.2) is 8.78 Å². The minimum absolute atomic E-state index is 0.240. The van der Waals surface area contributed by atoms with E-state index in [2.05, 4.69) is 0 Å². The highest BCUT2D eigenvalue weighted by atomic mass is 19.1. The Morgan fingerprint density at radius 2 is 2.06 bits per heavy atom. The largest absolute Gasteiger partial charge is 0.340 e. The molecular weight excluding hydrogens is 226 g/mol. The van der Waals surface area contributed by atoms with Crippen molar-refractivity contribution in [3.63, 3.8) is 0 Å². The van der Waals surface area contributed by atoms with Gasteiger partial charge in [0.25, 0.3) is 5.91 Å². The van der Waals surface area contributed by atoms with E-state index in [1.54, 1.807) is 6.92 Å². The summed E-state index contributed by atoms with van der Waals surface area (Å²) in [5, 5.41) is 0. The van der Waals surface area contributed by atoms with Crippen LogP contribution >= 0.6 is 0 Å². The van der Waals surface area contributed by atoms with Gasteiger partial charge in [-0.2, -0.15) is 0 Å². The standard InChI is InChI=1S/C12H16F2N2O/c1-7-4-5-9(13)10(11(7)14)12(17)16(3)6-8(2)15/h4-5,8H,6,15H2,1-3H3. The van der Waals surface area contributed by atoms with Crippen LogP contribution in [-0.4, -0.2) is 30.4 Å². The van der Waals surface area contributed by atoms with Crippen molar-refractivity contribution in [3.8, 4) is 0 Å². The van der Waals surface area contributed by atoms with E-state index in [1.165, 1.54) is 24.9 Å². The smallest absolute Gasteiger partial charge is 0.259 e. The van der Waals surface area contributed by atoms with Crippen LogP contribution in [0.2, 0.25) is 0 Å². The third-order valence-corrected chi connectivity index (χ3v) is 2.41. The van der Waals surface area contributed by atoms with Crippen molar-refractivity contribution >= 4 is 5.91 Å². The molecule has 0 aliphatic heterocycles. The lowest BCUT2D eigenvalue weighted by Crippen LogP contribution is -2.37. The Morgan fingerprint density at radius 3 is 2.59 bits per heavy atom. The van der Waals surface area contributed by atoms with E-state index in [9.17, 15) is 13.6 Å². The van der Waals surface area contributed by atoms with Crippen molar-refractivity contribution in [1.82, 2.24) is 4.90 Å². The number of rotatable bonds is 3. The molecule has 1 amide bonds. The summed E-state index contributed by atoms with van der Waals surface area (Å²) in [5.41, 5.74) is 5.25. The van der Waals surface area contributed by atoms with Gasteiger partial charge in [0.2, 0.25) is 0 Å². The number of nitrogens with zero attached hydrogens (tertiary/aromatic N) is 1. The molecule has 0 bridgehead atoms. The second-order valence-corrected chi connectivity index (χ2v) is 4.22. The van der Waals surface area contributed by atoms with E-state index < -0.39 is 23.1 Å². The number of carbonyl (C=O) groups excluding carboxylic acids is 1. The van der Waals surface area contributed by atoms with Crippen molar-refractivity contribution < 1.29 is 13.6 Å². The van der Waals surface area contributed by atoms with Crippen LogP contribution in [-0.2, 0) is 0 Å². The zero-order chi connectivity index (χ0) is 13.2. The molecule has 17 heavy (non-hydrogen) atoms. The summed E-state index contributed by atoms with van der Waals surface area (Å²) in [6.07, 6.45) is 0. The lowest BCUT2D eigenvalue weighted by atomic mass is 10.1. The zero-order valence-electron chi connectivity index (χ0n) is 10.1. The molecule has 94 valence electrons. The van der Waals surface area contributed by atoms with Gasteiger partial charge in [-0.3, -0.25) is 4.79 Å². The van der Waals surface area contributed by atoms with Crippen molar-refractivity contribution in [1.29, 1.82) is 0 Å². The number of benzene rings is 1. The van der Waals surface area contributed by atoms with Crippen LogP contribution in [0.4, 0.5) is 8.78 Å². The fraction of sp³-hybridized carbons (Fsp3) is 0.417. The summed E-state index contributed by atoms with van der Waals surface area (Å²) in [7, 11) is 1.47. The number of hydrogen-bond acceptors (Lipinski definition) is 2. The Labute approximate surface area is 99.2 Å². The van der Waals surface area contributed by atoms with E-state index >= 15 is 0 Å². The Kier molecular flexibility index (Phi) is 4.17. The Balaban J connectivity index is 3.08. The molecule has 2 N–H and O–H groups in total. The summed E-state index contributed by atoms with van der Waals surface area (Å²) in [4.78, 5) is 13.1. The number of halogens is 2. The highest BCUT2D eigenvalue weighted by molar-refractivity contribution is 5.94. The molecule has 0 saturated carbocycles. The Hall–Kier alpha value is -1.49. The normalized spacial score (nSPS) is 12.4. The summed E-state index contributed by atoms with van der Waals surface area (Å²) < 4.78 is 27.2. The van der Waals surface area contributed by atoms with E-state index in [0.29, 0.717) is 0 Å². The van der Waals surface area contributed by atoms with Crippen molar-refractivity contribution in [2.24, 2.45) is 5.73 Å². The maximum absolute atomic E-state index is 13.7. The van der Waals surface area contributed by atoms with Crippen molar-refractivity contribution in [3.05, 3.63) is 34.9 Å². The van der Waals surface area contributed by atoms with Gasteiger partial charge in [0.1, 0.15) is 17.2 Å². The minimum atomic E-state index is -0.852. The molecule has 1 aromatic rings. The molecule has 1 rings (SSSR count). The van der Waals surface area contributed by atoms with Crippen LogP contribution in [0.1, 0.15) is 22.8 Å². The molecular formula is C12H16F2N2O. The first-order valence-electron chi connectivity index (χ1n) is 5.30. The van der Waals surface area contributed by atoms with Crippen molar-refractivity contribution in [2.45, 2.75) is 19.9 Å². The number of aryl methyl sites for hydroxylation is 1. The summed E-state index contributed by atoms with van der Waals surface area (Å²) >= 11 is 0. The molecule has 0 heterocycles. The number of nitrogens with two attached hydrogens (primary N) is 1. The lowest BCUT2D eigenvalue weighted by Gasteiger charge is -2.20. The molecule has 0 fully saturated rings. The fourth-order valence-corrected chi connectivity index (χ4v) is 1.56. The van der Waals surface area contributed by atoms with Gasteiger partial charge in [0, 0.05) is 19.6 Å². The van der Waals surface area contributed by atoms with Crippen LogP contribution in [0.5, 0.6) is 0 Å². The van der Waals surface area contributed by atoms with Crippen LogP contribution in [0.3, 0.4) is 0 Å². The first-order chi connectivity index (χ1) is 7.84. The Morgan fingerprint density at radius 1 is 1.47 bits per heavy atom. The zero-order valence-corrected chi connectivity index (χ0v) is 10.1. The van der Waals surface area contributed by atoms with E-state index in [0.717, 1.165) is 6.07 Å². The molecule has 1 atom stereocenters. The van der Waals surface area contributed by atoms with Crippen molar-refractivity contribution in [2.75, 3.05) is 13.6 Å². The molecule has 0 spiro atoms. The van der Waals surface area contributed by atoms with Crippen LogP contribution in [0.15, 0.2) is 12.1 Å². The number of hydrogen-bond donors (Lipinski definition) is 1. The minimum Gasteiger partial charge on any atom is -0.340 e. The van der Waals surface area contributed by atoms with Gasteiger partial charge in [0.15, 0.2) is 0 Å². The maximum atomic E-state index is 13.7. The molecule has 3 nitrogen and oxygen atoms in total. The molecule has 0 aliphatic rings. The average Bonchev–Trinajstić information content (AvgIpc) is 2.23. The highest BCUT2D eigenvalue weighted by Crippen LogP contribution is 2.17. The number of amides is 1. The monoisotopic (exact) mass is 242 g/mol. The fourth-order valence-electron chi connectivity index (χ4n) is 1.56. The molecule has 1 aromatic carbocycles. The molecule has 5 heteroatoms. The average molecular weight is 242 g/mol. The first kappa shape index (κ1) is 13.6. The SMILES string of the molecule is Cc1ccc(F)c(C(=O)N(C)CC(C)N)c1F. The summed E-state index contributed by atoms with van der Waals surface area (Å²) in [5.74, 6) is -2.36. The van der Waals surface area contributed by atoms with Gasteiger partial charge in [-0.05, 0) is 25.5 Å². The third-order valence-electron chi connectivity index (χ3n) is 2.41.